The Bertz CT molecular complexity index is 2210. The van der Waals surface area contributed by atoms with E-state index in [0.29, 0.717) is 22.3 Å². The lowest BCUT2D eigenvalue weighted by Crippen LogP contribution is -2.35. The van der Waals surface area contributed by atoms with E-state index in [-0.39, 0.29) is 28.6 Å². The van der Waals surface area contributed by atoms with Crippen molar-refractivity contribution in [1.29, 1.82) is 0 Å². The highest BCUT2D eigenvalue weighted by Gasteiger charge is 2.32. The van der Waals surface area contributed by atoms with Gasteiger partial charge in [-0.1, -0.05) is 42.3 Å². The van der Waals surface area contributed by atoms with Crippen LogP contribution in [0.15, 0.2) is 65.7 Å². The molecule has 0 saturated heterocycles. The average Bonchev–Trinajstić information content (AvgIpc) is 3.57. The number of carbonyl (C=O) groups is 1. The first-order chi connectivity index (χ1) is 20.8. The molecule has 1 fully saturated rings. The SMILES string of the molecule is C#Cc1ccc2c3c(c([C@H](C)NC(=O)c4c(NS(=O)(=O)NC5CC5)nn5cccnc45)n(-c4ccccc4)c(=O)c13)C=C2. The Morgan fingerprint density at radius 1 is 1.09 bits per heavy atom. The summed E-state index contributed by atoms with van der Waals surface area (Å²) in [5.41, 5.74) is 3.05. The molecule has 5 aromatic rings. The maximum absolute atomic E-state index is 14.2. The molecule has 2 aromatic carbocycles. The molecular weight excluding hydrogens is 566 g/mol. The van der Waals surface area contributed by atoms with E-state index in [1.807, 2.05) is 48.6 Å². The molecule has 2 aliphatic carbocycles. The summed E-state index contributed by atoms with van der Waals surface area (Å²) in [6.07, 6.45) is 14.2. The smallest absolute Gasteiger partial charge is 0.300 e. The van der Waals surface area contributed by atoms with Crippen LogP contribution >= 0.6 is 0 Å². The summed E-state index contributed by atoms with van der Waals surface area (Å²) >= 11 is 0. The molecule has 3 aromatic heterocycles. The molecular formula is C31H25N7O4S. The van der Waals surface area contributed by atoms with Gasteiger partial charge in [0.25, 0.3) is 11.5 Å². The molecule has 1 amide bonds. The van der Waals surface area contributed by atoms with Crippen LogP contribution in [0.2, 0.25) is 0 Å². The van der Waals surface area contributed by atoms with Gasteiger partial charge < -0.3 is 5.32 Å². The maximum atomic E-state index is 14.2. The number of fused-ring (bicyclic) bond motifs is 1. The number of para-hydroxylation sites is 1. The van der Waals surface area contributed by atoms with Crippen LogP contribution in [-0.4, -0.2) is 39.5 Å². The van der Waals surface area contributed by atoms with Crippen molar-refractivity contribution in [3.63, 3.8) is 0 Å². The van der Waals surface area contributed by atoms with Gasteiger partial charge in [0.05, 0.1) is 17.1 Å². The van der Waals surface area contributed by atoms with Crippen molar-refractivity contribution >= 4 is 50.5 Å². The molecule has 11 nitrogen and oxygen atoms in total. The summed E-state index contributed by atoms with van der Waals surface area (Å²) in [7, 11) is -3.99. The van der Waals surface area contributed by atoms with Crippen LogP contribution in [0.3, 0.4) is 0 Å². The summed E-state index contributed by atoms with van der Waals surface area (Å²) in [5, 5.41) is 8.41. The summed E-state index contributed by atoms with van der Waals surface area (Å²) < 4.78 is 33.4. The first-order valence-corrected chi connectivity index (χ1v) is 15.1. The van der Waals surface area contributed by atoms with Crippen molar-refractivity contribution in [2.24, 2.45) is 0 Å². The molecule has 0 bridgehead atoms. The third-order valence-electron chi connectivity index (χ3n) is 7.55. The normalized spacial score (nSPS) is 14.6. The Kier molecular flexibility index (Phi) is 6.16. The number of amides is 1. The zero-order valence-electron chi connectivity index (χ0n) is 22.9. The molecule has 0 spiro atoms. The lowest BCUT2D eigenvalue weighted by Gasteiger charge is -2.23. The molecule has 1 atom stereocenters. The van der Waals surface area contributed by atoms with Crippen LogP contribution in [0.25, 0.3) is 34.3 Å². The Labute approximate surface area is 246 Å². The topological polar surface area (TPSA) is 139 Å². The number of nitrogens with one attached hydrogen (secondary N) is 3. The number of carbonyl (C=O) groups excluding carboxylic acids is 1. The highest BCUT2D eigenvalue weighted by atomic mass is 32.2. The fourth-order valence-corrected chi connectivity index (χ4v) is 6.67. The van der Waals surface area contributed by atoms with Crippen molar-refractivity contribution in [3.8, 4) is 18.0 Å². The Morgan fingerprint density at radius 2 is 1.88 bits per heavy atom. The molecule has 0 radical (unpaired) electrons. The lowest BCUT2D eigenvalue weighted by molar-refractivity contribution is 0.0941. The van der Waals surface area contributed by atoms with Crippen molar-refractivity contribution in [1.82, 2.24) is 29.2 Å². The molecule has 2 aliphatic rings. The number of hydrogen-bond acceptors (Lipinski definition) is 6. The molecule has 0 unspecified atom stereocenters. The minimum absolute atomic E-state index is 0.0507. The third kappa shape index (κ3) is 4.55. The van der Waals surface area contributed by atoms with E-state index in [1.54, 1.807) is 29.8 Å². The fourth-order valence-electron chi connectivity index (χ4n) is 5.54. The highest BCUT2D eigenvalue weighted by molar-refractivity contribution is 7.90. The van der Waals surface area contributed by atoms with Crippen LogP contribution in [0.5, 0.6) is 0 Å². The zero-order chi connectivity index (χ0) is 29.9. The number of hydrogen-bond donors (Lipinski definition) is 3. The van der Waals surface area contributed by atoms with Crippen LogP contribution < -0.4 is 20.3 Å². The summed E-state index contributed by atoms with van der Waals surface area (Å²) in [6, 6.07) is 13.5. The largest absolute Gasteiger partial charge is 0.344 e. The fraction of sp³-hybridized carbons (Fsp3) is 0.161. The van der Waals surface area contributed by atoms with E-state index in [0.717, 1.165) is 29.4 Å². The van der Waals surface area contributed by atoms with Crippen LogP contribution in [-0.2, 0) is 10.2 Å². The molecule has 214 valence electrons. The second-order valence-electron chi connectivity index (χ2n) is 10.5. The van der Waals surface area contributed by atoms with E-state index >= 15 is 0 Å². The van der Waals surface area contributed by atoms with Gasteiger partial charge in [-0.25, -0.2) is 9.50 Å². The van der Waals surface area contributed by atoms with Gasteiger partial charge in [0.15, 0.2) is 11.5 Å². The predicted octanol–water partition coefficient (Wildman–Crippen LogP) is 3.40. The van der Waals surface area contributed by atoms with E-state index in [4.69, 9.17) is 6.42 Å². The minimum atomic E-state index is -3.99. The second-order valence-corrected chi connectivity index (χ2v) is 12.0. The number of aromatic nitrogens is 4. The molecule has 1 saturated carbocycles. The molecule has 0 aliphatic heterocycles. The van der Waals surface area contributed by atoms with E-state index in [2.05, 4.69) is 30.8 Å². The van der Waals surface area contributed by atoms with Gasteiger partial charge in [0.1, 0.15) is 5.56 Å². The van der Waals surface area contributed by atoms with E-state index in [9.17, 15) is 18.0 Å². The van der Waals surface area contributed by atoms with E-state index in [1.165, 1.54) is 10.7 Å². The number of anilines is 1. The quantitative estimate of drug-likeness (QED) is 0.232. The van der Waals surface area contributed by atoms with Gasteiger partial charge in [0.2, 0.25) is 0 Å². The second kappa shape index (κ2) is 9.94. The van der Waals surface area contributed by atoms with Crippen LogP contribution in [0.4, 0.5) is 5.82 Å². The Morgan fingerprint density at radius 3 is 2.63 bits per heavy atom. The number of benzene rings is 2. The molecule has 3 N–H and O–H groups in total. The Hall–Kier alpha value is -5.25. The van der Waals surface area contributed by atoms with Crippen molar-refractivity contribution < 1.29 is 13.2 Å². The Balaban J connectivity index is 1.36. The average molecular weight is 592 g/mol. The molecule has 7 rings (SSSR count). The number of pyridine rings is 1. The van der Waals surface area contributed by atoms with Crippen molar-refractivity contribution in [3.05, 3.63) is 99.2 Å². The number of rotatable bonds is 8. The van der Waals surface area contributed by atoms with E-state index < -0.39 is 22.2 Å². The third-order valence-corrected chi connectivity index (χ3v) is 8.66. The van der Waals surface area contributed by atoms with Gasteiger partial charge in [-0.05, 0) is 49.6 Å². The molecule has 3 heterocycles. The van der Waals surface area contributed by atoms with Gasteiger partial charge in [0, 0.05) is 40.6 Å². The maximum Gasteiger partial charge on any atom is 0.300 e. The van der Waals surface area contributed by atoms with Gasteiger partial charge in [-0.3, -0.25) is 18.9 Å². The van der Waals surface area contributed by atoms with Gasteiger partial charge in [-0.2, -0.15) is 13.1 Å². The number of terminal acetylenes is 1. The van der Waals surface area contributed by atoms with Gasteiger partial charge >= 0.3 is 10.2 Å². The minimum Gasteiger partial charge on any atom is -0.344 e. The van der Waals surface area contributed by atoms with Gasteiger partial charge in [-0.15, -0.1) is 11.5 Å². The number of nitrogens with zero attached hydrogens (tertiary/aromatic N) is 4. The first-order valence-electron chi connectivity index (χ1n) is 13.7. The first kappa shape index (κ1) is 26.6. The van der Waals surface area contributed by atoms with Crippen LogP contribution in [0.1, 0.15) is 58.5 Å². The molecule has 43 heavy (non-hydrogen) atoms. The van der Waals surface area contributed by atoms with Crippen molar-refractivity contribution in [2.75, 3.05) is 4.72 Å². The lowest BCUT2D eigenvalue weighted by atomic mass is 9.97. The summed E-state index contributed by atoms with van der Waals surface area (Å²) in [5.74, 6) is 1.85. The predicted molar refractivity (Wildman–Crippen MR) is 164 cm³/mol. The standard InChI is InChI=1S/C31H25N7O4S/c1-3-19-10-11-20-12-15-23-24(20)25(19)31(40)38(22-8-5-4-6-9-22)27(23)18(2)33-30(39)26-28(34-37-17-7-16-32-29(26)37)36-43(41,42)35-21-13-14-21/h1,4-12,15-18,21,35H,13-14H2,2H3,(H,33,39)(H,34,36)/t18-/m0/s1. The van der Waals surface area contributed by atoms with Crippen LogP contribution in [0, 0.1) is 12.3 Å². The summed E-state index contributed by atoms with van der Waals surface area (Å²) in [6.45, 7) is 1.77. The molecule has 12 heteroatoms. The monoisotopic (exact) mass is 591 g/mol. The summed E-state index contributed by atoms with van der Waals surface area (Å²) in [4.78, 5) is 32.4. The van der Waals surface area contributed by atoms with Crippen molar-refractivity contribution in [2.45, 2.75) is 31.8 Å². The zero-order valence-corrected chi connectivity index (χ0v) is 23.7. The highest BCUT2D eigenvalue weighted by Crippen LogP contribution is 2.37.